The highest BCUT2D eigenvalue weighted by atomic mass is 16.6. The molecule has 2 aromatic carbocycles. The second-order valence-corrected chi connectivity index (χ2v) is 8.51. The minimum Gasteiger partial charge on any atom is -0.496 e. The number of anilines is 1. The number of fused-ring (bicyclic) bond motifs is 1. The summed E-state index contributed by atoms with van der Waals surface area (Å²) in [4.78, 5) is 36.7. The van der Waals surface area contributed by atoms with Gasteiger partial charge in [0.15, 0.2) is 5.65 Å². The molecule has 0 radical (unpaired) electrons. The molecule has 1 saturated heterocycles. The van der Waals surface area contributed by atoms with Gasteiger partial charge in [0.2, 0.25) is 0 Å². The molecule has 186 valence electrons. The zero-order valence-electron chi connectivity index (χ0n) is 20.5. The quantitative estimate of drug-likeness (QED) is 0.460. The first-order valence-corrected chi connectivity index (χ1v) is 11.9. The van der Waals surface area contributed by atoms with Crippen LogP contribution in [0.5, 0.6) is 5.75 Å². The van der Waals surface area contributed by atoms with Crippen LogP contribution in [0.2, 0.25) is 0 Å². The number of rotatable bonds is 5. The van der Waals surface area contributed by atoms with Gasteiger partial charge in [-0.1, -0.05) is 30.3 Å². The van der Waals surface area contributed by atoms with Crippen molar-refractivity contribution in [3.63, 3.8) is 0 Å². The molecule has 0 aliphatic carbocycles. The summed E-state index contributed by atoms with van der Waals surface area (Å²) in [7, 11) is 3.37. The van der Waals surface area contributed by atoms with Gasteiger partial charge in [-0.15, -0.1) is 0 Å². The van der Waals surface area contributed by atoms with Crippen LogP contribution >= 0.6 is 0 Å². The fourth-order valence-electron chi connectivity index (χ4n) is 4.52. The molecule has 3 heterocycles. The van der Waals surface area contributed by atoms with Gasteiger partial charge in [-0.05, 0) is 19.1 Å². The largest absolute Gasteiger partial charge is 0.496 e. The normalized spacial score (nSPS) is 13.8. The van der Waals surface area contributed by atoms with E-state index in [1.165, 1.54) is 0 Å². The van der Waals surface area contributed by atoms with Gasteiger partial charge in [0, 0.05) is 50.5 Å². The predicted octanol–water partition coefficient (Wildman–Crippen LogP) is 3.28. The lowest BCUT2D eigenvalue weighted by atomic mass is 10.1. The third-order valence-corrected chi connectivity index (χ3v) is 6.35. The maximum Gasteiger partial charge on any atom is 0.409 e. The summed E-state index contributed by atoms with van der Waals surface area (Å²) in [5.41, 5.74) is 3.32. The van der Waals surface area contributed by atoms with E-state index in [1.54, 1.807) is 30.7 Å². The molecule has 0 atom stereocenters. The van der Waals surface area contributed by atoms with Gasteiger partial charge in [0.1, 0.15) is 22.7 Å². The van der Waals surface area contributed by atoms with E-state index in [1.807, 2.05) is 48.5 Å². The summed E-state index contributed by atoms with van der Waals surface area (Å²) < 4.78 is 12.4. The first-order chi connectivity index (χ1) is 17.5. The van der Waals surface area contributed by atoms with Gasteiger partial charge < -0.3 is 24.3 Å². The Morgan fingerprint density at radius 2 is 1.83 bits per heavy atom. The third kappa shape index (κ3) is 4.26. The lowest BCUT2D eigenvalue weighted by Crippen LogP contribution is -2.49. The van der Waals surface area contributed by atoms with Crippen molar-refractivity contribution in [1.29, 1.82) is 0 Å². The molecule has 4 aromatic rings. The number of hydrogen-bond donors (Lipinski definition) is 1. The first-order valence-electron chi connectivity index (χ1n) is 11.9. The molecule has 10 heteroatoms. The zero-order chi connectivity index (χ0) is 25.2. The summed E-state index contributed by atoms with van der Waals surface area (Å²) in [5, 5.41) is 5.01. The van der Waals surface area contributed by atoms with Crippen molar-refractivity contribution in [2.45, 2.75) is 6.92 Å². The van der Waals surface area contributed by atoms with Crippen molar-refractivity contribution in [1.82, 2.24) is 24.6 Å². The summed E-state index contributed by atoms with van der Waals surface area (Å²) in [6, 6.07) is 15.4. The maximum atomic E-state index is 13.2. The number of carbonyl (C=O) groups is 1. The highest BCUT2D eigenvalue weighted by Gasteiger charge is 2.23. The van der Waals surface area contributed by atoms with Crippen LogP contribution in [-0.2, 0) is 11.8 Å². The Kier molecular flexibility index (Phi) is 6.32. The molecule has 1 aliphatic heterocycles. The monoisotopic (exact) mass is 488 g/mol. The molecule has 5 rings (SSSR count). The van der Waals surface area contributed by atoms with Crippen LogP contribution in [0.3, 0.4) is 0 Å². The Morgan fingerprint density at radius 3 is 2.53 bits per heavy atom. The Balaban J connectivity index is 1.46. The Labute approximate surface area is 208 Å². The number of H-pyrrole nitrogens is 1. The number of aromatic amines is 1. The highest BCUT2D eigenvalue weighted by Crippen LogP contribution is 2.33. The minimum atomic E-state index is -0.277. The summed E-state index contributed by atoms with van der Waals surface area (Å²) in [5.74, 6) is 0.999. The van der Waals surface area contributed by atoms with Crippen LogP contribution in [0, 0.1) is 0 Å². The molecule has 0 bridgehead atoms. The number of nitrogens with one attached hydrogen (secondary N) is 1. The average molecular weight is 489 g/mol. The van der Waals surface area contributed by atoms with Crippen molar-refractivity contribution < 1.29 is 14.3 Å². The van der Waals surface area contributed by atoms with E-state index in [-0.39, 0.29) is 11.7 Å². The Bertz CT molecular complexity index is 1450. The van der Waals surface area contributed by atoms with Crippen LogP contribution < -0.4 is 15.2 Å². The number of benzene rings is 2. The number of aryl methyl sites for hydroxylation is 1. The van der Waals surface area contributed by atoms with E-state index in [9.17, 15) is 9.59 Å². The molecule has 1 N–H and O–H groups in total. The van der Waals surface area contributed by atoms with Crippen molar-refractivity contribution in [2.75, 3.05) is 44.8 Å². The van der Waals surface area contributed by atoms with E-state index in [0.717, 1.165) is 11.3 Å². The van der Waals surface area contributed by atoms with E-state index >= 15 is 0 Å². The highest BCUT2D eigenvalue weighted by molar-refractivity contribution is 5.91. The lowest BCUT2D eigenvalue weighted by Gasteiger charge is -2.35. The van der Waals surface area contributed by atoms with Crippen LogP contribution in [0.25, 0.3) is 33.7 Å². The third-order valence-electron chi connectivity index (χ3n) is 6.35. The zero-order valence-corrected chi connectivity index (χ0v) is 20.5. The summed E-state index contributed by atoms with van der Waals surface area (Å²) in [6.07, 6.45) is -0.277. The van der Waals surface area contributed by atoms with Crippen LogP contribution in [0.15, 0.2) is 53.3 Å². The number of ether oxygens (including phenoxy) is 2. The van der Waals surface area contributed by atoms with E-state index in [4.69, 9.17) is 14.5 Å². The average Bonchev–Trinajstić information content (AvgIpc) is 3.26. The van der Waals surface area contributed by atoms with E-state index in [0.29, 0.717) is 66.7 Å². The van der Waals surface area contributed by atoms with Crippen molar-refractivity contribution in [3.05, 3.63) is 58.9 Å². The first kappa shape index (κ1) is 23.4. The number of nitrogens with zero attached hydrogens (tertiary/aromatic N) is 5. The number of aromatic nitrogens is 4. The van der Waals surface area contributed by atoms with Gasteiger partial charge >= 0.3 is 6.09 Å². The standard InChI is InChI=1S/C26H28N6O4/c1-4-36-26(34)32-14-12-31(13-15-32)18-10-11-19(20(16-18)35-3)23-27-24-21(25(33)28-23)22(29-30(24)2)17-8-6-5-7-9-17/h5-11,16H,4,12-15H2,1-3H3,(H,27,28,33). The molecule has 0 spiro atoms. The Hall–Kier alpha value is -4.34. The predicted molar refractivity (Wildman–Crippen MR) is 137 cm³/mol. The molecule has 1 aliphatic rings. The van der Waals surface area contributed by atoms with Crippen molar-refractivity contribution in [3.8, 4) is 28.4 Å². The minimum absolute atomic E-state index is 0.261. The SMILES string of the molecule is CCOC(=O)N1CCN(c2ccc(-c3nc4c(c(-c5ccccc5)nn4C)c(=O)[nH]3)c(OC)c2)CC1. The molecular weight excluding hydrogens is 460 g/mol. The van der Waals surface area contributed by atoms with Gasteiger partial charge in [0.05, 0.1) is 19.3 Å². The number of hydrogen-bond acceptors (Lipinski definition) is 7. The molecule has 36 heavy (non-hydrogen) atoms. The number of piperazine rings is 1. The fraction of sp³-hybridized carbons (Fsp3) is 0.308. The molecular formula is C26H28N6O4. The Morgan fingerprint density at radius 1 is 1.08 bits per heavy atom. The van der Waals surface area contributed by atoms with Crippen molar-refractivity contribution in [2.24, 2.45) is 7.05 Å². The maximum absolute atomic E-state index is 13.2. The van der Waals surface area contributed by atoms with Gasteiger partial charge in [-0.2, -0.15) is 5.10 Å². The molecule has 1 amide bonds. The number of carbonyl (C=O) groups excluding carboxylic acids is 1. The van der Waals surface area contributed by atoms with E-state index in [2.05, 4.69) is 15.0 Å². The lowest BCUT2D eigenvalue weighted by molar-refractivity contribution is 0.105. The van der Waals surface area contributed by atoms with Gasteiger partial charge in [0.25, 0.3) is 5.56 Å². The molecule has 2 aromatic heterocycles. The topological polar surface area (TPSA) is 106 Å². The number of amides is 1. The summed E-state index contributed by atoms with van der Waals surface area (Å²) >= 11 is 0. The van der Waals surface area contributed by atoms with Crippen LogP contribution in [0.1, 0.15) is 6.92 Å². The van der Waals surface area contributed by atoms with Crippen molar-refractivity contribution >= 4 is 22.8 Å². The van der Waals surface area contributed by atoms with Crippen LogP contribution in [0.4, 0.5) is 10.5 Å². The summed E-state index contributed by atoms with van der Waals surface area (Å²) in [6.45, 7) is 4.70. The van der Waals surface area contributed by atoms with Crippen LogP contribution in [-0.4, -0.2) is 70.6 Å². The van der Waals surface area contributed by atoms with E-state index < -0.39 is 0 Å². The molecule has 1 fully saturated rings. The smallest absolute Gasteiger partial charge is 0.409 e. The number of methoxy groups -OCH3 is 1. The van der Waals surface area contributed by atoms with Gasteiger partial charge in [-0.25, -0.2) is 14.5 Å². The fourth-order valence-corrected chi connectivity index (χ4v) is 4.52. The second kappa shape index (κ2) is 9.73. The molecule has 10 nitrogen and oxygen atoms in total. The second-order valence-electron chi connectivity index (χ2n) is 8.51. The van der Waals surface area contributed by atoms with Gasteiger partial charge in [-0.3, -0.25) is 4.79 Å². The molecule has 0 unspecified atom stereocenters. The molecule has 0 saturated carbocycles.